The monoisotopic (exact) mass is 437 g/mol. The molecule has 3 saturated heterocycles. The van der Waals surface area contributed by atoms with E-state index in [1.54, 1.807) is 24.1 Å². The van der Waals surface area contributed by atoms with Crippen LogP contribution in [-0.4, -0.2) is 65.3 Å². The van der Waals surface area contributed by atoms with Gasteiger partial charge in [-0.05, 0) is 49.6 Å². The van der Waals surface area contributed by atoms with Crippen molar-refractivity contribution in [3.8, 4) is 0 Å². The lowest BCUT2D eigenvalue weighted by Crippen LogP contribution is -2.66. The Morgan fingerprint density at radius 1 is 1.06 bits per heavy atom. The Bertz CT molecular complexity index is 1060. The zero-order valence-corrected chi connectivity index (χ0v) is 18.6. The molecule has 32 heavy (non-hydrogen) atoms. The first-order valence-corrected chi connectivity index (χ1v) is 11.0. The zero-order chi connectivity index (χ0) is 22.6. The third kappa shape index (κ3) is 3.34. The number of anilines is 1. The van der Waals surface area contributed by atoms with Gasteiger partial charge in [0.1, 0.15) is 24.3 Å². The molecule has 3 unspecified atom stereocenters. The summed E-state index contributed by atoms with van der Waals surface area (Å²) in [5.74, 6) is -0.551. The minimum absolute atomic E-state index is 0.130. The Labute approximate surface area is 187 Å². The van der Waals surface area contributed by atoms with Gasteiger partial charge in [0.25, 0.3) is 5.91 Å². The highest BCUT2D eigenvalue weighted by atomic mass is 19.1. The molecule has 3 heterocycles. The first kappa shape index (κ1) is 20.9. The lowest BCUT2D eigenvalue weighted by molar-refractivity contribution is -0.139. The molecular weight excluding hydrogens is 409 g/mol. The predicted molar refractivity (Wildman–Crippen MR) is 119 cm³/mol. The molecule has 0 spiro atoms. The van der Waals surface area contributed by atoms with Crippen LogP contribution in [0, 0.1) is 19.7 Å². The smallest absolute Gasteiger partial charge is 0.328 e. The van der Waals surface area contributed by atoms with Crippen LogP contribution in [0.5, 0.6) is 0 Å². The number of fused-ring (bicyclic) bond motifs is 3. The van der Waals surface area contributed by atoms with Crippen LogP contribution < -0.4 is 10.2 Å². The molecule has 3 atom stereocenters. The second-order valence-electron chi connectivity index (χ2n) is 8.95. The topological polar surface area (TPSA) is 59.1 Å². The Hall–Kier alpha value is -2.97. The van der Waals surface area contributed by atoms with Crippen molar-refractivity contribution >= 4 is 17.6 Å². The largest absolute Gasteiger partial charge is 0.343 e. The standard InChI is InChI=1S/C24H28FN5O2/c1-15-5-10-19(16(2)13-15)28-11-4-12-29-20-21(26-23(28)29)27(3)24(32)30(22(20)31)14-17-6-8-18(25)9-7-17/h5-10,13,20-21,23,26H,4,11-12,14H2,1-3H3. The van der Waals surface area contributed by atoms with Crippen LogP contribution in [0.1, 0.15) is 23.1 Å². The number of carbonyl (C=O) groups excluding carboxylic acids is 2. The lowest BCUT2D eigenvalue weighted by Gasteiger charge is -2.44. The van der Waals surface area contributed by atoms with E-state index in [0.717, 1.165) is 30.8 Å². The summed E-state index contributed by atoms with van der Waals surface area (Å²) in [6, 6.07) is 11.5. The molecule has 2 aromatic rings. The number of imide groups is 1. The average molecular weight is 438 g/mol. The minimum Gasteiger partial charge on any atom is -0.343 e. The highest BCUT2D eigenvalue weighted by Crippen LogP contribution is 2.34. The van der Waals surface area contributed by atoms with Gasteiger partial charge in [-0.1, -0.05) is 29.8 Å². The Balaban J connectivity index is 1.44. The van der Waals surface area contributed by atoms with E-state index >= 15 is 0 Å². The van der Waals surface area contributed by atoms with E-state index in [0.29, 0.717) is 0 Å². The van der Waals surface area contributed by atoms with Crippen molar-refractivity contribution in [3.05, 3.63) is 65.0 Å². The fraction of sp³-hybridized carbons (Fsp3) is 0.417. The van der Waals surface area contributed by atoms with Crippen LogP contribution in [0.4, 0.5) is 14.9 Å². The van der Waals surface area contributed by atoms with Crippen LogP contribution >= 0.6 is 0 Å². The Morgan fingerprint density at radius 3 is 2.53 bits per heavy atom. The number of likely N-dealkylation sites (N-methyl/N-ethyl adjacent to an activating group) is 1. The minimum atomic E-state index is -0.461. The predicted octanol–water partition coefficient (Wildman–Crippen LogP) is 2.63. The molecule has 2 aromatic carbocycles. The SMILES string of the molecule is Cc1ccc(N2CCCN3C4C(=O)N(Cc5ccc(F)cc5)C(=O)N(C)C4NC23)c(C)c1. The quantitative estimate of drug-likeness (QED) is 0.800. The van der Waals surface area contributed by atoms with Crippen LogP contribution in [0.25, 0.3) is 0 Å². The van der Waals surface area contributed by atoms with Crippen molar-refractivity contribution in [2.24, 2.45) is 0 Å². The molecule has 3 fully saturated rings. The lowest BCUT2D eigenvalue weighted by atomic mass is 10.1. The highest BCUT2D eigenvalue weighted by Gasteiger charge is 2.56. The maximum atomic E-state index is 13.5. The number of benzene rings is 2. The summed E-state index contributed by atoms with van der Waals surface area (Å²) in [6.45, 7) is 5.97. The van der Waals surface area contributed by atoms with Crippen molar-refractivity contribution in [2.45, 2.75) is 45.3 Å². The summed E-state index contributed by atoms with van der Waals surface area (Å²) in [7, 11) is 1.73. The van der Waals surface area contributed by atoms with Gasteiger partial charge in [0.05, 0.1) is 6.54 Å². The van der Waals surface area contributed by atoms with Gasteiger partial charge in [-0.2, -0.15) is 0 Å². The second-order valence-corrected chi connectivity index (χ2v) is 8.95. The molecule has 0 aromatic heterocycles. The van der Waals surface area contributed by atoms with E-state index in [-0.39, 0.29) is 30.6 Å². The number of hydrogen-bond donors (Lipinski definition) is 1. The van der Waals surface area contributed by atoms with Gasteiger partial charge in [-0.25, -0.2) is 9.18 Å². The van der Waals surface area contributed by atoms with Gasteiger partial charge in [0.15, 0.2) is 0 Å². The van der Waals surface area contributed by atoms with Crippen LogP contribution in [0.2, 0.25) is 0 Å². The maximum absolute atomic E-state index is 13.5. The third-order valence-corrected chi connectivity index (χ3v) is 6.79. The molecule has 7 nitrogen and oxygen atoms in total. The summed E-state index contributed by atoms with van der Waals surface area (Å²) in [4.78, 5) is 34.0. The number of nitrogens with zero attached hydrogens (tertiary/aromatic N) is 4. The van der Waals surface area contributed by atoms with Crippen molar-refractivity contribution in [1.82, 2.24) is 20.0 Å². The molecule has 3 aliphatic rings. The number of aryl methyl sites for hydroxylation is 2. The number of rotatable bonds is 3. The number of hydrogen-bond acceptors (Lipinski definition) is 5. The Kier molecular flexibility index (Phi) is 5.14. The number of halogens is 1. The van der Waals surface area contributed by atoms with E-state index in [9.17, 15) is 14.0 Å². The van der Waals surface area contributed by atoms with E-state index in [4.69, 9.17) is 0 Å². The zero-order valence-electron chi connectivity index (χ0n) is 18.6. The number of carbonyl (C=O) groups is 2. The number of nitrogens with one attached hydrogen (secondary N) is 1. The van der Waals surface area contributed by atoms with Gasteiger partial charge < -0.3 is 9.80 Å². The van der Waals surface area contributed by atoms with Gasteiger partial charge in [0.2, 0.25) is 0 Å². The van der Waals surface area contributed by atoms with Gasteiger partial charge in [-0.15, -0.1) is 0 Å². The molecule has 0 bridgehead atoms. The van der Waals surface area contributed by atoms with E-state index < -0.39 is 12.2 Å². The molecular formula is C24H28FN5O2. The fourth-order valence-electron chi connectivity index (χ4n) is 5.21. The molecule has 1 N–H and O–H groups in total. The summed E-state index contributed by atoms with van der Waals surface area (Å²) in [6.07, 6.45) is 0.374. The van der Waals surface area contributed by atoms with Crippen LogP contribution in [0.15, 0.2) is 42.5 Å². The number of urea groups is 1. The summed E-state index contributed by atoms with van der Waals surface area (Å²) in [5, 5.41) is 3.55. The van der Waals surface area contributed by atoms with Crippen molar-refractivity contribution in [3.63, 3.8) is 0 Å². The van der Waals surface area contributed by atoms with Crippen molar-refractivity contribution < 1.29 is 14.0 Å². The van der Waals surface area contributed by atoms with E-state index in [1.807, 2.05) is 0 Å². The normalized spacial score (nSPS) is 25.9. The maximum Gasteiger partial charge on any atom is 0.328 e. The third-order valence-electron chi connectivity index (χ3n) is 6.79. The Morgan fingerprint density at radius 2 is 1.81 bits per heavy atom. The second kappa shape index (κ2) is 7.86. The first-order chi connectivity index (χ1) is 15.3. The summed E-state index contributed by atoms with van der Waals surface area (Å²) < 4.78 is 13.3. The van der Waals surface area contributed by atoms with Crippen LogP contribution in [-0.2, 0) is 11.3 Å². The fourth-order valence-corrected chi connectivity index (χ4v) is 5.21. The summed E-state index contributed by atoms with van der Waals surface area (Å²) >= 11 is 0. The molecule has 8 heteroatoms. The molecule has 0 radical (unpaired) electrons. The average Bonchev–Trinajstić information content (AvgIpc) is 3.17. The highest BCUT2D eigenvalue weighted by molar-refractivity contribution is 6.00. The molecule has 3 aliphatic heterocycles. The molecule has 168 valence electrons. The van der Waals surface area contributed by atoms with Crippen LogP contribution in [0.3, 0.4) is 0 Å². The van der Waals surface area contributed by atoms with E-state index in [2.05, 4.69) is 47.2 Å². The van der Waals surface area contributed by atoms with Crippen molar-refractivity contribution in [2.75, 3.05) is 25.0 Å². The number of amides is 3. The van der Waals surface area contributed by atoms with Gasteiger partial charge in [-0.3, -0.25) is 19.9 Å². The van der Waals surface area contributed by atoms with Gasteiger partial charge in [0, 0.05) is 25.8 Å². The molecule has 3 amide bonds. The van der Waals surface area contributed by atoms with Gasteiger partial charge >= 0.3 is 6.03 Å². The molecule has 0 saturated carbocycles. The van der Waals surface area contributed by atoms with E-state index in [1.165, 1.54) is 28.2 Å². The van der Waals surface area contributed by atoms with Crippen molar-refractivity contribution in [1.29, 1.82) is 0 Å². The summed E-state index contributed by atoms with van der Waals surface area (Å²) in [5.41, 5.74) is 4.27. The first-order valence-electron chi connectivity index (χ1n) is 11.0. The molecule has 0 aliphatic carbocycles. The molecule has 5 rings (SSSR count).